The van der Waals surface area contributed by atoms with Crippen molar-refractivity contribution in [1.29, 1.82) is 0 Å². The van der Waals surface area contributed by atoms with E-state index in [0.717, 1.165) is 25.3 Å². The quantitative estimate of drug-likeness (QED) is 0.906. The van der Waals surface area contributed by atoms with E-state index in [4.69, 9.17) is 0 Å². The van der Waals surface area contributed by atoms with E-state index in [-0.39, 0.29) is 12.6 Å². The highest BCUT2D eigenvalue weighted by atomic mass is 16.3. The maximum absolute atomic E-state index is 9.74. The van der Waals surface area contributed by atoms with Crippen LogP contribution in [0.5, 0.6) is 0 Å². The van der Waals surface area contributed by atoms with Crippen molar-refractivity contribution in [1.82, 2.24) is 14.5 Å². The number of benzene rings is 1. The molecule has 0 aliphatic carbocycles. The van der Waals surface area contributed by atoms with Crippen molar-refractivity contribution in [2.45, 2.75) is 19.0 Å². The van der Waals surface area contributed by atoms with Gasteiger partial charge in [-0.3, -0.25) is 4.90 Å². The Morgan fingerprint density at radius 1 is 1.37 bits per heavy atom. The highest BCUT2D eigenvalue weighted by Gasteiger charge is 2.27. The molecule has 1 unspecified atom stereocenters. The van der Waals surface area contributed by atoms with E-state index in [0.29, 0.717) is 0 Å². The number of fused-ring (bicyclic) bond motifs is 1. The van der Waals surface area contributed by atoms with Gasteiger partial charge in [-0.05, 0) is 17.5 Å². The van der Waals surface area contributed by atoms with Crippen molar-refractivity contribution in [3.8, 4) is 0 Å². The van der Waals surface area contributed by atoms with Crippen molar-refractivity contribution >= 4 is 0 Å². The van der Waals surface area contributed by atoms with Gasteiger partial charge in [-0.15, -0.1) is 0 Å². The Bertz CT molecular complexity index is 564. The molecule has 0 saturated carbocycles. The lowest BCUT2D eigenvalue weighted by Gasteiger charge is -2.36. The topological polar surface area (TPSA) is 41.3 Å². The molecule has 0 radical (unpaired) electrons. The molecular weight excluding hydrogens is 238 g/mol. The molecule has 0 saturated heterocycles. The van der Waals surface area contributed by atoms with Crippen molar-refractivity contribution in [2.75, 3.05) is 13.2 Å². The number of nitrogens with zero attached hydrogens (tertiary/aromatic N) is 3. The van der Waals surface area contributed by atoms with Gasteiger partial charge in [0.25, 0.3) is 0 Å². The Hall–Kier alpha value is -1.65. The van der Waals surface area contributed by atoms with Gasteiger partial charge >= 0.3 is 0 Å². The summed E-state index contributed by atoms with van der Waals surface area (Å²) in [6.45, 7) is 1.90. The average Bonchev–Trinajstić information content (AvgIpc) is 2.84. The van der Waals surface area contributed by atoms with Gasteiger partial charge in [0.05, 0.1) is 19.2 Å². The predicted molar refractivity (Wildman–Crippen MR) is 73.6 cm³/mol. The zero-order valence-corrected chi connectivity index (χ0v) is 11.2. The minimum atomic E-state index is 0.0849. The highest BCUT2D eigenvalue weighted by molar-refractivity contribution is 5.32. The second-order valence-corrected chi connectivity index (χ2v) is 5.07. The number of aryl methyl sites for hydroxylation is 1. The van der Waals surface area contributed by atoms with Crippen LogP contribution in [-0.2, 0) is 20.0 Å². The van der Waals surface area contributed by atoms with E-state index in [1.54, 1.807) is 0 Å². The Labute approximate surface area is 113 Å². The largest absolute Gasteiger partial charge is 0.394 e. The molecular formula is C15H19N3O. The maximum Gasteiger partial charge on any atom is 0.122 e. The number of aliphatic hydroxyl groups excluding tert-OH is 1. The van der Waals surface area contributed by atoms with Crippen LogP contribution in [0, 0.1) is 0 Å². The molecule has 1 aromatic heterocycles. The second kappa shape index (κ2) is 5.15. The third-order valence-electron chi connectivity index (χ3n) is 3.96. The third-order valence-corrected chi connectivity index (χ3v) is 3.96. The van der Waals surface area contributed by atoms with E-state index in [1.165, 1.54) is 11.1 Å². The van der Waals surface area contributed by atoms with Gasteiger partial charge in [-0.2, -0.15) is 0 Å². The molecule has 1 atom stereocenters. The summed E-state index contributed by atoms with van der Waals surface area (Å²) >= 11 is 0. The summed E-state index contributed by atoms with van der Waals surface area (Å²) in [6, 6.07) is 8.49. The van der Waals surface area contributed by atoms with Gasteiger partial charge in [0, 0.05) is 26.0 Å². The summed E-state index contributed by atoms with van der Waals surface area (Å²) in [4.78, 5) is 6.68. The first kappa shape index (κ1) is 12.4. The van der Waals surface area contributed by atoms with Crippen LogP contribution in [0.2, 0.25) is 0 Å². The fourth-order valence-electron chi connectivity index (χ4n) is 2.84. The van der Waals surface area contributed by atoms with Crippen LogP contribution in [0.25, 0.3) is 0 Å². The van der Waals surface area contributed by atoms with Gasteiger partial charge in [0.15, 0.2) is 0 Å². The van der Waals surface area contributed by atoms with Crippen molar-refractivity contribution in [3.05, 3.63) is 53.6 Å². The van der Waals surface area contributed by atoms with Crippen molar-refractivity contribution < 1.29 is 5.11 Å². The Morgan fingerprint density at radius 3 is 2.95 bits per heavy atom. The van der Waals surface area contributed by atoms with Gasteiger partial charge in [0.1, 0.15) is 5.82 Å². The molecule has 0 amide bonds. The number of rotatable bonds is 3. The van der Waals surface area contributed by atoms with E-state index < -0.39 is 0 Å². The van der Waals surface area contributed by atoms with Crippen LogP contribution in [0.3, 0.4) is 0 Å². The first-order valence-corrected chi connectivity index (χ1v) is 6.68. The highest BCUT2D eigenvalue weighted by Crippen LogP contribution is 2.30. The number of hydrogen-bond donors (Lipinski definition) is 1. The van der Waals surface area contributed by atoms with Gasteiger partial charge in [0.2, 0.25) is 0 Å². The summed E-state index contributed by atoms with van der Waals surface area (Å²) in [5, 5.41) is 9.74. The second-order valence-electron chi connectivity index (χ2n) is 5.07. The van der Waals surface area contributed by atoms with Crippen molar-refractivity contribution in [3.63, 3.8) is 0 Å². The van der Waals surface area contributed by atoms with Crippen LogP contribution in [0.15, 0.2) is 36.7 Å². The Balaban J connectivity index is 1.86. The molecule has 0 bridgehead atoms. The summed E-state index contributed by atoms with van der Waals surface area (Å²) in [5.74, 6) is 1.04. The van der Waals surface area contributed by atoms with E-state index in [9.17, 15) is 5.11 Å². The molecule has 1 N–H and O–H groups in total. The Kier molecular flexibility index (Phi) is 3.36. The average molecular weight is 257 g/mol. The first-order valence-electron chi connectivity index (χ1n) is 6.68. The van der Waals surface area contributed by atoms with Crippen LogP contribution < -0.4 is 0 Å². The van der Waals surface area contributed by atoms with Gasteiger partial charge < -0.3 is 9.67 Å². The summed E-state index contributed by atoms with van der Waals surface area (Å²) in [6.07, 6.45) is 4.82. The fourth-order valence-corrected chi connectivity index (χ4v) is 2.84. The molecule has 3 rings (SSSR count). The normalized spacial score (nSPS) is 19.4. The fraction of sp³-hybridized carbons (Fsp3) is 0.400. The molecule has 2 heterocycles. The predicted octanol–water partition coefficient (Wildman–Crippen LogP) is 1.51. The zero-order valence-electron chi connectivity index (χ0n) is 11.2. The molecule has 4 nitrogen and oxygen atoms in total. The lowest BCUT2D eigenvalue weighted by molar-refractivity contribution is 0.105. The van der Waals surface area contributed by atoms with E-state index >= 15 is 0 Å². The number of hydrogen-bond acceptors (Lipinski definition) is 3. The monoisotopic (exact) mass is 257 g/mol. The zero-order chi connectivity index (χ0) is 13.2. The lowest BCUT2D eigenvalue weighted by atomic mass is 9.93. The van der Waals surface area contributed by atoms with Crippen LogP contribution in [-0.4, -0.2) is 32.7 Å². The first-order chi connectivity index (χ1) is 9.29. The minimum absolute atomic E-state index is 0.0849. The number of imidazole rings is 1. The minimum Gasteiger partial charge on any atom is -0.394 e. The van der Waals surface area contributed by atoms with Gasteiger partial charge in [-0.1, -0.05) is 24.3 Å². The van der Waals surface area contributed by atoms with E-state index in [2.05, 4.69) is 28.1 Å². The molecule has 0 spiro atoms. The molecule has 2 aromatic rings. The van der Waals surface area contributed by atoms with Crippen LogP contribution in [0.4, 0.5) is 0 Å². The molecule has 19 heavy (non-hydrogen) atoms. The standard InChI is InChI=1S/C15H19N3O/c1-17-9-7-16-15(17)10-18-8-6-12-4-2-3-5-13(12)14(18)11-19/h2-5,7,9,14,19H,6,8,10-11H2,1H3. The summed E-state index contributed by atoms with van der Waals surface area (Å²) in [7, 11) is 2.01. The van der Waals surface area contributed by atoms with Crippen LogP contribution >= 0.6 is 0 Å². The maximum atomic E-state index is 9.74. The third kappa shape index (κ3) is 2.29. The molecule has 100 valence electrons. The van der Waals surface area contributed by atoms with Crippen LogP contribution in [0.1, 0.15) is 23.0 Å². The van der Waals surface area contributed by atoms with E-state index in [1.807, 2.05) is 30.1 Å². The smallest absolute Gasteiger partial charge is 0.122 e. The molecule has 1 aromatic carbocycles. The number of aliphatic hydroxyl groups is 1. The Morgan fingerprint density at radius 2 is 2.21 bits per heavy atom. The molecule has 1 aliphatic heterocycles. The molecule has 1 aliphatic rings. The summed E-state index contributed by atoms with van der Waals surface area (Å²) in [5.41, 5.74) is 2.61. The number of aromatic nitrogens is 2. The van der Waals surface area contributed by atoms with Gasteiger partial charge in [-0.25, -0.2) is 4.98 Å². The van der Waals surface area contributed by atoms with Crippen molar-refractivity contribution in [2.24, 2.45) is 7.05 Å². The molecule has 4 heteroatoms. The summed E-state index contributed by atoms with van der Waals surface area (Å²) < 4.78 is 2.04. The SMILES string of the molecule is Cn1ccnc1CN1CCc2ccccc2C1CO. The lowest BCUT2D eigenvalue weighted by Crippen LogP contribution is -2.37. The molecule has 0 fully saturated rings.